The van der Waals surface area contributed by atoms with Crippen LogP contribution in [0.1, 0.15) is 20.7 Å². The minimum absolute atomic E-state index is 0.111. The van der Waals surface area contributed by atoms with Crippen molar-refractivity contribution < 1.29 is 19.8 Å². The van der Waals surface area contributed by atoms with Crippen molar-refractivity contribution in [2.45, 2.75) is 0 Å². The molecule has 5 nitrogen and oxygen atoms in total. The third-order valence-electron chi connectivity index (χ3n) is 1.78. The number of rotatable bonds is 2. The molecule has 86 valence electrons. The second-order valence-corrected chi connectivity index (χ2v) is 5.25. The zero-order chi connectivity index (χ0) is 12.6. The number of carboxylic acids is 2. The zero-order valence-electron chi connectivity index (χ0n) is 7.42. The molecule has 0 unspecified atom stereocenters. The van der Waals surface area contributed by atoms with E-state index in [1.54, 1.807) is 45.2 Å². The average Bonchev–Trinajstić information content (AvgIpc) is 2.13. The van der Waals surface area contributed by atoms with Gasteiger partial charge in [0.25, 0.3) is 0 Å². The Morgan fingerprint density at radius 2 is 1.38 bits per heavy atom. The zero-order valence-corrected chi connectivity index (χ0v) is 12.5. The SMILES string of the molecule is Nc1c(I)c(C(=O)O)c(Cl)c(C(=O)O)c1I. The number of hydrogen-bond donors (Lipinski definition) is 3. The van der Waals surface area contributed by atoms with Crippen molar-refractivity contribution in [2.24, 2.45) is 0 Å². The topological polar surface area (TPSA) is 101 Å². The fourth-order valence-electron chi connectivity index (χ4n) is 1.06. The van der Waals surface area contributed by atoms with Gasteiger partial charge in [0, 0.05) is 0 Å². The summed E-state index contributed by atoms with van der Waals surface area (Å²) >= 11 is 9.20. The fraction of sp³-hybridized carbons (Fsp3) is 0. The summed E-state index contributed by atoms with van der Waals surface area (Å²) in [6.45, 7) is 0. The van der Waals surface area contributed by atoms with E-state index in [1.807, 2.05) is 0 Å². The standard InChI is InChI=1S/C8H4ClI2NO4/c9-3-1(7(13)14)4(10)6(12)5(11)2(3)8(15)16/h12H2,(H,13,14)(H,15,16). The van der Waals surface area contributed by atoms with E-state index in [1.165, 1.54) is 0 Å². The second kappa shape index (κ2) is 4.92. The number of nitrogens with two attached hydrogens (primary N) is 1. The summed E-state index contributed by atoms with van der Waals surface area (Å²) in [4.78, 5) is 21.9. The van der Waals surface area contributed by atoms with E-state index < -0.39 is 11.9 Å². The molecule has 0 fully saturated rings. The number of halogens is 3. The highest BCUT2D eigenvalue weighted by atomic mass is 127. The Balaban J connectivity index is 3.80. The first kappa shape index (κ1) is 13.8. The van der Waals surface area contributed by atoms with E-state index in [0.717, 1.165) is 0 Å². The number of aromatic carboxylic acids is 2. The molecule has 0 atom stereocenters. The Kier molecular flexibility index (Phi) is 4.23. The summed E-state index contributed by atoms with van der Waals surface area (Å²) < 4.78 is 0.481. The van der Waals surface area contributed by atoms with E-state index in [4.69, 9.17) is 27.5 Å². The van der Waals surface area contributed by atoms with Crippen LogP contribution in [0.25, 0.3) is 0 Å². The molecule has 1 aromatic rings. The first-order valence-corrected chi connectivity index (χ1v) is 6.25. The number of carboxylic acid groups (broad SMARTS) is 2. The van der Waals surface area contributed by atoms with Crippen LogP contribution in [-0.4, -0.2) is 22.2 Å². The molecule has 0 aliphatic heterocycles. The van der Waals surface area contributed by atoms with Crippen molar-refractivity contribution in [3.63, 3.8) is 0 Å². The van der Waals surface area contributed by atoms with Crippen LogP contribution >= 0.6 is 56.8 Å². The minimum Gasteiger partial charge on any atom is -0.478 e. The molecule has 0 radical (unpaired) electrons. The van der Waals surface area contributed by atoms with Crippen LogP contribution in [0.15, 0.2) is 0 Å². The van der Waals surface area contributed by atoms with Gasteiger partial charge in [-0.1, -0.05) is 11.6 Å². The van der Waals surface area contributed by atoms with Crippen molar-refractivity contribution >= 4 is 74.4 Å². The Labute approximate surface area is 122 Å². The molecule has 1 aromatic carbocycles. The fourth-order valence-corrected chi connectivity index (χ4v) is 3.78. The lowest BCUT2D eigenvalue weighted by Crippen LogP contribution is -2.12. The predicted molar refractivity (Wildman–Crippen MR) is 75.2 cm³/mol. The molecule has 1 rings (SSSR count). The highest BCUT2D eigenvalue weighted by Crippen LogP contribution is 2.35. The summed E-state index contributed by atoms with van der Waals surface area (Å²) in [7, 11) is 0. The molecule has 16 heavy (non-hydrogen) atoms. The van der Waals surface area contributed by atoms with Gasteiger partial charge in [0.1, 0.15) is 0 Å². The maximum Gasteiger partial charge on any atom is 0.338 e. The number of anilines is 1. The molecule has 0 aliphatic rings. The van der Waals surface area contributed by atoms with Crippen LogP contribution in [0.4, 0.5) is 5.69 Å². The van der Waals surface area contributed by atoms with Crippen LogP contribution in [0.2, 0.25) is 5.02 Å². The highest BCUT2D eigenvalue weighted by Gasteiger charge is 2.26. The van der Waals surface area contributed by atoms with E-state index in [0.29, 0.717) is 0 Å². The number of nitrogen functional groups attached to an aromatic ring is 1. The lowest BCUT2D eigenvalue weighted by Gasteiger charge is -2.11. The third kappa shape index (κ3) is 2.20. The molecule has 0 aliphatic carbocycles. The molecule has 0 bridgehead atoms. The lowest BCUT2D eigenvalue weighted by atomic mass is 10.1. The molecular formula is C8H4ClI2NO4. The third-order valence-corrected chi connectivity index (χ3v) is 4.40. The van der Waals surface area contributed by atoms with Gasteiger partial charge in [0.2, 0.25) is 0 Å². The Morgan fingerprint density at radius 1 is 1.06 bits per heavy atom. The van der Waals surface area contributed by atoms with Crippen LogP contribution < -0.4 is 5.73 Å². The molecule has 0 saturated heterocycles. The Morgan fingerprint density at radius 3 is 1.62 bits per heavy atom. The summed E-state index contributed by atoms with van der Waals surface area (Å²) in [5, 5.41) is 17.6. The van der Waals surface area contributed by atoms with Crippen molar-refractivity contribution in [2.75, 3.05) is 5.73 Å². The van der Waals surface area contributed by atoms with Gasteiger partial charge in [-0.3, -0.25) is 0 Å². The van der Waals surface area contributed by atoms with Crippen molar-refractivity contribution in [1.29, 1.82) is 0 Å². The molecule has 0 heterocycles. The number of hydrogen-bond acceptors (Lipinski definition) is 3. The largest absolute Gasteiger partial charge is 0.478 e. The smallest absolute Gasteiger partial charge is 0.338 e. The quantitative estimate of drug-likeness (QED) is 0.459. The molecule has 0 aromatic heterocycles. The van der Waals surface area contributed by atoms with Gasteiger partial charge in [-0.25, -0.2) is 9.59 Å². The van der Waals surface area contributed by atoms with Crippen LogP contribution in [0, 0.1) is 7.14 Å². The van der Waals surface area contributed by atoms with Crippen molar-refractivity contribution in [3.05, 3.63) is 23.3 Å². The summed E-state index contributed by atoms with van der Waals surface area (Å²) in [6, 6.07) is 0. The summed E-state index contributed by atoms with van der Waals surface area (Å²) in [6.07, 6.45) is 0. The first-order chi connectivity index (χ1) is 7.29. The average molecular weight is 467 g/mol. The van der Waals surface area contributed by atoms with Gasteiger partial charge in [-0.15, -0.1) is 0 Å². The van der Waals surface area contributed by atoms with Gasteiger partial charge in [0.15, 0.2) is 0 Å². The predicted octanol–water partition coefficient (Wildman–Crippen LogP) is 2.53. The molecular weight excluding hydrogens is 463 g/mol. The normalized spacial score (nSPS) is 10.2. The van der Waals surface area contributed by atoms with E-state index >= 15 is 0 Å². The molecule has 0 spiro atoms. The van der Waals surface area contributed by atoms with Gasteiger partial charge >= 0.3 is 11.9 Å². The molecule has 0 amide bonds. The second-order valence-electron chi connectivity index (χ2n) is 2.72. The number of carbonyl (C=O) groups is 2. The monoisotopic (exact) mass is 467 g/mol. The molecule has 0 saturated carbocycles. The van der Waals surface area contributed by atoms with Gasteiger partial charge in [-0.2, -0.15) is 0 Å². The van der Waals surface area contributed by atoms with E-state index in [-0.39, 0.29) is 29.0 Å². The highest BCUT2D eigenvalue weighted by molar-refractivity contribution is 14.1. The van der Waals surface area contributed by atoms with Crippen LogP contribution in [0.3, 0.4) is 0 Å². The maximum atomic E-state index is 10.9. The summed E-state index contributed by atoms with van der Waals surface area (Å²) in [5.41, 5.74) is 5.18. The Bertz CT molecular complexity index is 462. The molecule has 4 N–H and O–H groups in total. The minimum atomic E-state index is -1.31. The van der Waals surface area contributed by atoms with E-state index in [2.05, 4.69) is 0 Å². The Hall–Kier alpha value is -0.290. The van der Waals surface area contributed by atoms with E-state index in [9.17, 15) is 9.59 Å². The lowest BCUT2D eigenvalue weighted by molar-refractivity contribution is 0.0695. The van der Waals surface area contributed by atoms with Crippen molar-refractivity contribution in [3.8, 4) is 0 Å². The maximum absolute atomic E-state index is 10.9. The number of benzene rings is 1. The molecule has 8 heteroatoms. The van der Waals surface area contributed by atoms with Crippen molar-refractivity contribution in [1.82, 2.24) is 0 Å². The van der Waals surface area contributed by atoms with Gasteiger partial charge in [-0.05, 0) is 45.2 Å². The summed E-state index contributed by atoms with van der Waals surface area (Å²) in [5.74, 6) is -2.61. The van der Waals surface area contributed by atoms with Gasteiger partial charge < -0.3 is 15.9 Å². The van der Waals surface area contributed by atoms with Crippen LogP contribution in [0.5, 0.6) is 0 Å². The first-order valence-electron chi connectivity index (χ1n) is 3.71. The van der Waals surface area contributed by atoms with Gasteiger partial charge in [0.05, 0.1) is 29.0 Å². The van der Waals surface area contributed by atoms with Crippen LogP contribution in [-0.2, 0) is 0 Å².